The van der Waals surface area contributed by atoms with Crippen LogP contribution >= 0.6 is 11.8 Å². The van der Waals surface area contributed by atoms with Crippen LogP contribution < -0.4 is 5.32 Å². The summed E-state index contributed by atoms with van der Waals surface area (Å²) in [4.78, 5) is 12.0. The highest BCUT2D eigenvalue weighted by Gasteiger charge is 2.16. The monoisotopic (exact) mass is 301 g/mol. The van der Waals surface area contributed by atoms with Gasteiger partial charge in [0.25, 0.3) is 11.7 Å². The van der Waals surface area contributed by atoms with E-state index in [0.717, 1.165) is 5.69 Å². The molecule has 1 amide bonds. The molecule has 0 spiro atoms. The van der Waals surface area contributed by atoms with Gasteiger partial charge in [-0.05, 0) is 26.0 Å². The fraction of sp³-hybridized carbons (Fsp3) is 0.333. The van der Waals surface area contributed by atoms with Crippen molar-refractivity contribution in [1.82, 2.24) is 10.2 Å². The Kier molecular flexibility index (Phi) is 4.43. The summed E-state index contributed by atoms with van der Waals surface area (Å²) < 4.78 is 29.3. The minimum absolute atomic E-state index is 0.0225. The number of rotatable bonds is 5. The molecule has 0 aliphatic heterocycles. The molecule has 5 nitrogen and oxygen atoms in total. The van der Waals surface area contributed by atoms with Crippen LogP contribution in [0.25, 0.3) is 0 Å². The molecule has 0 bridgehead atoms. The molecule has 0 atom stereocenters. The summed E-state index contributed by atoms with van der Waals surface area (Å²) in [6, 6.07) is 2.97. The van der Waals surface area contributed by atoms with Crippen molar-refractivity contribution in [3.05, 3.63) is 35.0 Å². The lowest BCUT2D eigenvalue weighted by atomic mass is 10.3. The summed E-state index contributed by atoms with van der Waals surface area (Å²) >= 11 is 0.446. The first-order chi connectivity index (χ1) is 9.47. The van der Waals surface area contributed by atoms with Gasteiger partial charge in [0, 0.05) is 0 Å². The molecule has 2 heterocycles. The molecular formula is C12H13F2N3O2S. The normalized spacial score (nSPS) is 11.1. The van der Waals surface area contributed by atoms with E-state index in [1.54, 1.807) is 13.8 Å². The van der Waals surface area contributed by atoms with E-state index in [2.05, 4.69) is 15.5 Å². The van der Waals surface area contributed by atoms with E-state index in [0.29, 0.717) is 28.9 Å². The van der Waals surface area contributed by atoms with E-state index < -0.39 is 11.7 Å². The molecule has 8 heteroatoms. The van der Waals surface area contributed by atoms with Gasteiger partial charge in [0.1, 0.15) is 5.76 Å². The number of hydrogen-bond donors (Lipinski definition) is 2. The lowest BCUT2D eigenvalue weighted by molar-refractivity contribution is 0.0995. The average molecular weight is 301 g/mol. The van der Waals surface area contributed by atoms with E-state index >= 15 is 0 Å². The molecule has 0 saturated heterocycles. The SMILES string of the molecule is Cc1n[nH]c(C)c1NC(=O)c1ccc(CSC(F)F)o1. The minimum Gasteiger partial charge on any atom is -0.455 e. The van der Waals surface area contributed by atoms with Gasteiger partial charge in [-0.1, -0.05) is 11.8 Å². The van der Waals surface area contributed by atoms with Gasteiger partial charge >= 0.3 is 0 Å². The zero-order chi connectivity index (χ0) is 14.7. The summed E-state index contributed by atoms with van der Waals surface area (Å²) in [6.45, 7) is 3.54. The van der Waals surface area contributed by atoms with Crippen molar-refractivity contribution >= 4 is 23.4 Å². The lowest BCUT2D eigenvalue weighted by Crippen LogP contribution is -2.12. The van der Waals surface area contributed by atoms with Crippen molar-refractivity contribution in [2.45, 2.75) is 25.4 Å². The molecule has 2 aromatic heterocycles. The van der Waals surface area contributed by atoms with E-state index in [4.69, 9.17) is 4.42 Å². The summed E-state index contributed by atoms with van der Waals surface area (Å²) in [6.07, 6.45) is 0. The fourth-order valence-corrected chi connectivity index (χ4v) is 2.08. The van der Waals surface area contributed by atoms with Crippen LogP contribution in [0.1, 0.15) is 27.7 Å². The topological polar surface area (TPSA) is 70.9 Å². The van der Waals surface area contributed by atoms with Crippen molar-refractivity contribution in [2.75, 3.05) is 5.32 Å². The number of thioether (sulfide) groups is 1. The fourth-order valence-electron chi connectivity index (χ4n) is 1.63. The highest BCUT2D eigenvalue weighted by atomic mass is 32.2. The number of aryl methyl sites for hydroxylation is 2. The largest absolute Gasteiger partial charge is 0.455 e. The predicted octanol–water partition coefficient (Wildman–Crippen LogP) is 3.33. The molecule has 0 fully saturated rings. The molecule has 2 aromatic rings. The second kappa shape index (κ2) is 6.08. The van der Waals surface area contributed by atoms with Crippen molar-refractivity contribution in [3.8, 4) is 0 Å². The van der Waals surface area contributed by atoms with Gasteiger partial charge in [0.2, 0.25) is 0 Å². The molecule has 0 aliphatic carbocycles. The van der Waals surface area contributed by atoms with E-state index in [1.165, 1.54) is 12.1 Å². The first-order valence-electron chi connectivity index (χ1n) is 5.78. The summed E-state index contributed by atoms with van der Waals surface area (Å²) in [5.41, 5.74) is 1.99. The Hall–Kier alpha value is -1.83. The van der Waals surface area contributed by atoms with Gasteiger partial charge in [-0.2, -0.15) is 13.9 Å². The zero-order valence-corrected chi connectivity index (χ0v) is 11.7. The molecule has 108 valence electrons. The molecule has 0 unspecified atom stereocenters. The van der Waals surface area contributed by atoms with Crippen LogP contribution in [0.15, 0.2) is 16.5 Å². The minimum atomic E-state index is -2.46. The Morgan fingerprint density at radius 1 is 1.50 bits per heavy atom. The third-order valence-electron chi connectivity index (χ3n) is 2.60. The summed E-state index contributed by atoms with van der Waals surface area (Å²) in [5, 5.41) is 9.38. The molecule has 0 aliphatic rings. The third-order valence-corrected chi connectivity index (χ3v) is 3.31. The highest BCUT2D eigenvalue weighted by molar-refractivity contribution is 7.98. The molecule has 0 aromatic carbocycles. The summed E-state index contributed by atoms with van der Waals surface area (Å²) in [5.74, 6) is -2.47. The number of alkyl halides is 2. The molecule has 2 N–H and O–H groups in total. The number of carbonyl (C=O) groups excluding carboxylic acids is 1. The van der Waals surface area contributed by atoms with Crippen LogP contribution in [0.4, 0.5) is 14.5 Å². The number of aromatic amines is 1. The van der Waals surface area contributed by atoms with E-state index in [9.17, 15) is 13.6 Å². The molecule has 2 rings (SSSR count). The Balaban J connectivity index is 2.03. The number of amides is 1. The third kappa shape index (κ3) is 3.38. The van der Waals surface area contributed by atoms with Crippen LogP contribution in [0.5, 0.6) is 0 Å². The quantitative estimate of drug-likeness (QED) is 0.888. The van der Waals surface area contributed by atoms with E-state index in [-0.39, 0.29) is 11.5 Å². The number of anilines is 1. The lowest BCUT2D eigenvalue weighted by Gasteiger charge is -2.02. The number of nitrogens with zero attached hydrogens (tertiary/aromatic N) is 1. The highest BCUT2D eigenvalue weighted by Crippen LogP contribution is 2.22. The number of H-pyrrole nitrogens is 1. The Morgan fingerprint density at radius 2 is 2.25 bits per heavy atom. The molecule has 20 heavy (non-hydrogen) atoms. The predicted molar refractivity (Wildman–Crippen MR) is 72.0 cm³/mol. The molecule has 0 radical (unpaired) electrons. The maximum atomic E-state index is 12.1. The van der Waals surface area contributed by atoms with Crippen LogP contribution in [0, 0.1) is 13.8 Å². The number of carbonyl (C=O) groups is 1. The summed E-state index contributed by atoms with van der Waals surface area (Å²) in [7, 11) is 0. The average Bonchev–Trinajstić information content (AvgIpc) is 2.98. The first-order valence-corrected chi connectivity index (χ1v) is 6.83. The molecular weight excluding hydrogens is 288 g/mol. The van der Waals surface area contributed by atoms with Gasteiger partial charge in [-0.15, -0.1) is 0 Å². The van der Waals surface area contributed by atoms with Crippen molar-refractivity contribution < 1.29 is 18.0 Å². The van der Waals surface area contributed by atoms with Crippen LogP contribution in [-0.2, 0) is 5.75 Å². The number of halogens is 2. The second-order valence-electron chi connectivity index (χ2n) is 4.10. The Bertz CT molecular complexity index is 590. The number of nitrogens with one attached hydrogen (secondary N) is 2. The molecule has 0 saturated carbocycles. The number of hydrogen-bond acceptors (Lipinski definition) is 4. The van der Waals surface area contributed by atoms with Crippen molar-refractivity contribution in [1.29, 1.82) is 0 Å². The van der Waals surface area contributed by atoms with Crippen LogP contribution in [0.2, 0.25) is 0 Å². The van der Waals surface area contributed by atoms with E-state index in [1.807, 2.05) is 0 Å². The van der Waals surface area contributed by atoms with Gasteiger partial charge < -0.3 is 9.73 Å². The van der Waals surface area contributed by atoms with Crippen molar-refractivity contribution in [3.63, 3.8) is 0 Å². The van der Waals surface area contributed by atoms with Crippen molar-refractivity contribution in [2.24, 2.45) is 0 Å². The zero-order valence-electron chi connectivity index (χ0n) is 10.9. The maximum Gasteiger partial charge on any atom is 0.291 e. The smallest absolute Gasteiger partial charge is 0.291 e. The van der Waals surface area contributed by atoms with Gasteiger partial charge in [-0.3, -0.25) is 9.89 Å². The standard InChI is InChI=1S/C12H13F2N3O2S/c1-6-10(7(2)17-16-6)15-11(18)9-4-3-8(19-9)5-20-12(13)14/h3-4,12H,5H2,1-2H3,(H,15,18)(H,16,17). The second-order valence-corrected chi connectivity index (χ2v) is 5.08. The Morgan fingerprint density at radius 3 is 2.85 bits per heavy atom. The van der Waals surface area contributed by atoms with Crippen LogP contribution in [0.3, 0.4) is 0 Å². The van der Waals surface area contributed by atoms with Crippen LogP contribution in [-0.4, -0.2) is 21.9 Å². The number of aromatic nitrogens is 2. The van der Waals surface area contributed by atoms with Gasteiger partial charge in [-0.25, -0.2) is 0 Å². The first kappa shape index (κ1) is 14.6. The number of furan rings is 1. The van der Waals surface area contributed by atoms with Gasteiger partial charge in [0.05, 0.1) is 22.8 Å². The maximum absolute atomic E-state index is 12.1. The Labute approximate surface area is 118 Å². The van der Waals surface area contributed by atoms with Gasteiger partial charge in [0.15, 0.2) is 5.76 Å².